The number of sulfonamides is 1. The first-order valence-electron chi connectivity index (χ1n) is 6.59. The molecule has 8 heteroatoms. The molecule has 114 valence electrons. The molecular weight excluding hydrogens is 294 g/mol. The first-order valence-corrected chi connectivity index (χ1v) is 8.14. The molecule has 4 N–H and O–H groups in total. The van der Waals surface area contributed by atoms with Crippen molar-refractivity contribution < 1.29 is 18.0 Å². The van der Waals surface area contributed by atoms with Crippen LogP contribution >= 0.6 is 0 Å². The van der Waals surface area contributed by atoms with Crippen LogP contribution in [0.1, 0.15) is 29.6 Å². The molecule has 1 aliphatic rings. The molecule has 1 heterocycles. The molecule has 1 fully saturated rings. The van der Waals surface area contributed by atoms with Crippen molar-refractivity contribution >= 4 is 21.8 Å². The molecule has 21 heavy (non-hydrogen) atoms. The molecule has 1 atom stereocenters. The molecule has 0 radical (unpaired) electrons. The van der Waals surface area contributed by atoms with Gasteiger partial charge in [-0.2, -0.15) is 0 Å². The molecule has 1 aliphatic heterocycles. The fourth-order valence-electron chi connectivity index (χ4n) is 2.13. The Morgan fingerprint density at radius 1 is 1.33 bits per heavy atom. The van der Waals surface area contributed by atoms with E-state index in [0.29, 0.717) is 13.0 Å². The lowest BCUT2D eigenvalue weighted by molar-refractivity contribution is -0.122. The molecule has 0 aromatic heterocycles. The zero-order valence-electron chi connectivity index (χ0n) is 11.3. The van der Waals surface area contributed by atoms with E-state index in [1.165, 1.54) is 24.3 Å². The number of hydrogen-bond donors (Lipinski definition) is 3. The third-order valence-corrected chi connectivity index (χ3v) is 4.18. The fraction of sp³-hybridized carbons (Fsp3) is 0.385. The van der Waals surface area contributed by atoms with Crippen LogP contribution < -0.4 is 15.8 Å². The number of amides is 2. The lowest BCUT2D eigenvalue weighted by Gasteiger charge is -2.15. The summed E-state index contributed by atoms with van der Waals surface area (Å²) in [4.78, 5) is 23.8. The molecule has 0 aliphatic carbocycles. The van der Waals surface area contributed by atoms with E-state index in [2.05, 4.69) is 10.6 Å². The van der Waals surface area contributed by atoms with Gasteiger partial charge >= 0.3 is 0 Å². The topological polar surface area (TPSA) is 118 Å². The Hall–Kier alpha value is -1.93. The second kappa shape index (κ2) is 6.23. The van der Waals surface area contributed by atoms with Gasteiger partial charge in [-0.15, -0.1) is 0 Å². The summed E-state index contributed by atoms with van der Waals surface area (Å²) in [5, 5.41) is 10.4. The van der Waals surface area contributed by atoms with Crippen LogP contribution in [0.3, 0.4) is 0 Å². The third kappa shape index (κ3) is 4.02. The normalized spacial score (nSPS) is 19.5. The summed E-state index contributed by atoms with van der Waals surface area (Å²) in [7, 11) is -3.87. The molecule has 1 aromatic rings. The van der Waals surface area contributed by atoms with E-state index in [1.807, 2.05) is 0 Å². The SMILES string of the molecule is NS(=O)(=O)c1cccc(C(=O)N[C@@H]2CCCCNC2=O)c1. The van der Waals surface area contributed by atoms with Crippen LogP contribution in [0.15, 0.2) is 29.2 Å². The Balaban J connectivity index is 2.15. The van der Waals surface area contributed by atoms with Gasteiger partial charge < -0.3 is 10.6 Å². The molecule has 0 unspecified atom stereocenters. The van der Waals surface area contributed by atoms with Crippen molar-refractivity contribution in [1.82, 2.24) is 10.6 Å². The zero-order valence-corrected chi connectivity index (χ0v) is 12.2. The van der Waals surface area contributed by atoms with E-state index < -0.39 is 22.0 Å². The second-order valence-corrected chi connectivity index (χ2v) is 6.45. The Labute approximate surface area is 123 Å². The molecule has 0 bridgehead atoms. The largest absolute Gasteiger partial charge is 0.354 e. The number of carbonyl (C=O) groups excluding carboxylic acids is 2. The van der Waals surface area contributed by atoms with E-state index in [-0.39, 0.29) is 16.4 Å². The molecule has 1 saturated heterocycles. The number of benzene rings is 1. The van der Waals surface area contributed by atoms with Crippen LogP contribution in [0.4, 0.5) is 0 Å². The predicted molar refractivity (Wildman–Crippen MR) is 75.9 cm³/mol. The minimum Gasteiger partial charge on any atom is -0.354 e. The average molecular weight is 311 g/mol. The smallest absolute Gasteiger partial charge is 0.251 e. The number of rotatable bonds is 3. The van der Waals surface area contributed by atoms with E-state index in [4.69, 9.17) is 5.14 Å². The van der Waals surface area contributed by atoms with Gasteiger partial charge in [0.25, 0.3) is 5.91 Å². The number of hydrogen-bond acceptors (Lipinski definition) is 4. The molecule has 1 aromatic carbocycles. The van der Waals surface area contributed by atoms with Crippen LogP contribution in [0.5, 0.6) is 0 Å². The van der Waals surface area contributed by atoms with Gasteiger partial charge in [0, 0.05) is 12.1 Å². The van der Waals surface area contributed by atoms with Crippen molar-refractivity contribution in [2.24, 2.45) is 5.14 Å². The van der Waals surface area contributed by atoms with Gasteiger partial charge in [0.05, 0.1) is 4.90 Å². The lowest BCUT2D eigenvalue weighted by Crippen LogP contribution is -2.45. The summed E-state index contributed by atoms with van der Waals surface area (Å²) in [6.07, 6.45) is 2.27. The highest BCUT2D eigenvalue weighted by molar-refractivity contribution is 7.89. The zero-order chi connectivity index (χ0) is 15.5. The number of carbonyl (C=O) groups is 2. The molecule has 2 rings (SSSR count). The van der Waals surface area contributed by atoms with Crippen LogP contribution in [0, 0.1) is 0 Å². The monoisotopic (exact) mass is 311 g/mol. The highest BCUT2D eigenvalue weighted by Gasteiger charge is 2.23. The Morgan fingerprint density at radius 2 is 2.10 bits per heavy atom. The molecule has 7 nitrogen and oxygen atoms in total. The van der Waals surface area contributed by atoms with Crippen molar-refractivity contribution in [3.05, 3.63) is 29.8 Å². The van der Waals surface area contributed by atoms with E-state index in [9.17, 15) is 18.0 Å². The summed E-state index contributed by atoms with van der Waals surface area (Å²) in [6.45, 7) is 0.603. The highest BCUT2D eigenvalue weighted by atomic mass is 32.2. The highest BCUT2D eigenvalue weighted by Crippen LogP contribution is 2.11. The lowest BCUT2D eigenvalue weighted by atomic mass is 10.1. The van der Waals surface area contributed by atoms with Crippen LogP contribution in [-0.2, 0) is 14.8 Å². The van der Waals surface area contributed by atoms with E-state index >= 15 is 0 Å². The predicted octanol–water partition coefficient (Wildman–Crippen LogP) is -0.268. The molecule has 0 spiro atoms. The number of primary sulfonamides is 1. The maximum Gasteiger partial charge on any atom is 0.251 e. The van der Waals surface area contributed by atoms with Crippen molar-refractivity contribution in [3.63, 3.8) is 0 Å². The fourth-order valence-corrected chi connectivity index (χ4v) is 2.69. The summed E-state index contributed by atoms with van der Waals surface area (Å²) < 4.78 is 22.6. The summed E-state index contributed by atoms with van der Waals surface area (Å²) in [5.74, 6) is -0.717. The van der Waals surface area contributed by atoms with Crippen molar-refractivity contribution in [2.75, 3.05) is 6.54 Å². The standard InChI is InChI=1S/C13H17N3O4S/c14-21(19,20)10-5-3-4-9(8-10)12(17)16-11-6-1-2-7-15-13(11)18/h3-5,8,11H,1-2,6-7H2,(H,15,18)(H,16,17)(H2,14,19,20)/t11-/m1/s1. The first-order chi connectivity index (χ1) is 9.88. The van der Waals surface area contributed by atoms with Crippen molar-refractivity contribution in [3.8, 4) is 0 Å². The second-order valence-electron chi connectivity index (χ2n) is 4.89. The summed E-state index contributed by atoms with van der Waals surface area (Å²) in [5.41, 5.74) is 0.151. The molecule has 2 amide bonds. The minimum absolute atomic E-state index is 0.138. The van der Waals surface area contributed by atoms with Gasteiger partial charge in [0.2, 0.25) is 15.9 Å². The first kappa shape index (κ1) is 15.5. The summed E-state index contributed by atoms with van der Waals surface area (Å²) >= 11 is 0. The Kier molecular flexibility index (Phi) is 4.59. The molecular formula is C13H17N3O4S. The van der Waals surface area contributed by atoms with Gasteiger partial charge in [0.1, 0.15) is 6.04 Å². The van der Waals surface area contributed by atoms with Crippen molar-refractivity contribution in [2.45, 2.75) is 30.2 Å². The molecule has 0 saturated carbocycles. The van der Waals surface area contributed by atoms with Crippen LogP contribution in [-0.4, -0.2) is 32.8 Å². The van der Waals surface area contributed by atoms with Gasteiger partial charge in [0.15, 0.2) is 0 Å². The number of nitrogens with two attached hydrogens (primary N) is 1. The van der Waals surface area contributed by atoms with Gasteiger partial charge in [-0.05, 0) is 37.5 Å². The van der Waals surface area contributed by atoms with Crippen LogP contribution in [0.2, 0.25) is 0 Å². The van der Waals surface area contributed by atoms with Gasteiger partial charge in [-0.25, -0.2) is 13.6 Å². The third-order valence-electron chi connectivity index (χ3n) is 3.27. The Morgan fingerprint density at radius 3 is 2.81 bits per heavy atom. The van der Waals surface area contributed by atoms with E-state index in [0.717, 1.165) is 12.8 Å². The quantitative estimate of drug-likeness (QED) is 0.712. The summed E-state index contributed by atoms with van der Waals surface area (Å²) in [6, 6.07) is 4.81. The van der Waals surface area contributed by atoms with Gasteiger partial charge in [-0.1, -0.05) is 6.07 Å². The van der Waals surface area contributed by atoms with E-state index in [1.54, 1.807) is 0 Å². The van der Waals surface area contributed by atoms with Crippen LogP contribution in [0.25, 0.3) is 0 Å². The van der Waals surface area contributed by atoms with Gasteiger partial charge in [-0.3, -0.25) is 9.59 Å². The maximum atomic E-state index is 12.1. The average Bonchev–Trinajstić information content (AvgIpc) is 2.63. The maximum absolute atomic E-state index is 12.1. The minimum atomic E-state index is -3.87. The number of nitrogens with one attached hydrogen (secondary N) is 2. The Bertz CT molecular complexity index is 657. The van der Waals surface area contributed by atoms with Crippen molar-refractivity contribution in [1.29, 1.82) is 0 Å².